The van der Waals surface area contributed by atoms with E-state index in [0.717, 1.165) is 5.82 Å². The van der Waals surface area contributed by atoms with Gasteiger partial charge in [0, 0.05) is 32.4 Å². The largest absolute Gasteiger partial charge is 0.480 e. The van der Waals surface area contributed by atoms with Gasteiger partial charge < -0.3 is 25.4 Å². The molecule has 0 bridgehead atoms. The summed E-state index contributed by atoms with van der Waals surface area (Å²) < 4.78 is 18.1. The number of amides is 2. The van der Waals surface area contributed by atoms with Crippen molar-refractivity contribution in [3.05, 3.63) is 89.4 Å². The van der Waals surface area contributed by atoms with E-state index in [9.17, 15) is 23.9 Å². The molecule has 1 unspecified atom stereocenters. The molecule has 3 rings (SSSR count). The molecular weight excluding hydrogens is 467 g/mol. The predicted molar refractivity (Wildman–Crippen MR) is 132 cm³/mol. The molecule has 0 saturated heterocycles. The van der Waals surface area contributed by atoms with Crippen LogP contribution in [0.1, 0.15) is 16.7 Å². The average Bonchev–Trinajstić information content (AvgIpc) is 2.85. The highest BCUT2D eigenvalue weighted by Gasteiger charge is 2.21. The van der Waals surface area contributed by atoms with Crippen LogP contribution in [0, 0.1) is 5.82 Å². The minimum Gasteiger partial charge on any atom is -0.480 e. The average molecular weight is 495 g/mol. The number of hydrogen-bond acceptors (Lipinski definition) is 6. The monoisotopic (exact) mass is 494 g/mol. The Labute approximate surface area is 207 Å². The number of nitrogens with zero attached hydrogens (tertiary/aromatic N) is 2. The molecule has 0 saturated carbocycles. The summed E-state index contributed by atoms with van der Waals surface area (Å²) in [6.07, 6.45) is 0.860. The van der Waals surface area contributed by atoms with Gasteiger partial charge in [0.25, 0.3) is 0 Å². The van der Waals surface area contributed by atoms with Crippen LogP contribution in [-0.4, -0.2) is 48.2 Å². The van der Waals surface area contributed by atoms with Gasteiger partial charge in [-0.25, -0.2) is 19.0 Å². The van der Waals surface area contributed by atoms with Crippen molar-refractivity contribution in [2.24, 2.45) is 0 Å². The first-order valence-electron chi connectivity index (χ1n) is 11.1. The van der Waals surface area contributed by atoms with Crippen molar-refractivity contribution in [2.45, 2.75) is 25.5 Å². The lowest BCUT2D eigenvalue weighted by atomic mass is 10.1. The molecule has 3 aromatic rings. The van der Waals surface area contributed by atoms with E-state index in [1.54, 1.807) is 54.7 Å². The maximum Gasteiger partial charge on any atom is 0.408 e. The quantitative estimate of drug-likeness (QED) is 0.395. The number of carbonyl (C=O) groups excluding carboxylic acids is 2. The van der Waals surface area contributed by atoms with Gasteiger partial charge in [-0.05, 0) is 47.0 Å². The second-order valence-corrected chi connectivity index (χ2v) is 8.28. The molecule has 188 valence electrons. The molecule has 2 amide bonds. The summed E-state index contributed by atoms with van der Waals surface area (Å²) in [6, 6.07) is 14.7. The fourth-order valence-corrected chi connectivity index (χ4v) is 3.25. The van der Waals surface area contributed by atoms with E-state index in [0.29, 0.717) is 22.4 Å². The van der Waals surface area contributed by atoms with Gasteiger partial charge in [0.05, 0.1) is 6.42 Å². The minimum atomic E-state index is -1.19. The van der Waals surface area contributed by atoms with E-state index in [-0.39, 0.29) is 31.2 Å². The fourth-order valence-electron chi connectivity index (χ4n) is 3.25. The zero-order chi connectivity index (χ0) is 26.1. The van der Waals surface area contributed by atoms with Crippen molar-refractivity contribution in [1.29, 1.82) is 0 Å². The maximum absolute atomic E-state index is 13.0. The molecule has 0 fully saturated rings. The third kappa shape index (κ3) is 8.08. The number of pyridine rings is 1. The molecule has 36 heavy (non-hydrogen) atoms. The number of anilines is 2. The van der Waals surface area contributed by atoms with Gasteiger partial charge in [-0.2, -0.15) is 0 Å². The minimum absolute atomic E-state index is 0.0530. The number of benzene rings is 2. The van der Waals surface area contributed by atoms with Crippen LogP contribution in [0.3, 0.4) is 0 Å². The Morgan fingerprint density at radius 1 is 0.972 bits per heavy atom. The Balaban J connectivity index is 1.46. The topological polar surface area (TPSA) is 121 Å². The molecule has 0 aliphatic carbocycles. The molecule has 1 aromatic heterocycles. The number of carbonyl (C=O) groups is 3. The number of rotatable bonds is 10. The van der Waals surface area contributed by atoms with Crippen LogP contribution in [0.4, 0.5) is 20.7 Å². The second kappa shape index (κ2) is 12.3. The third-order valence-corrected chi connectivity index (χ3v) is 5.18. The van der Waals surface area contributed by atoms with Gasteiger partial charge in [0.2, 0.25) is 5.91 Å². The van der Waals surface area contributed by atoms with Gasteiger partial charge in [-0.1, -0.05) is 30.3 Å². The third-order valence-electron chi connectivity index (χ3n) is 5.18. The summed E-state index contributed by atoms with van der Waals surface area (Å²) in [4.78, 5) is 42.0. The van der Waals surface area contributed by atoms with Crippen molar-refractivity contribution in [1.82, 2.24) is 10.3 Å². The lowest BCUT2D eigenvalue weighted by Crippen LogP contribution is -2.42. The van der Waals surface area contributed by atoms with Crippen LogP contribution in [0.5, 0.6) is 0 Å². The van der Waals surface area contributed by atoms with Crippen LogP contribution < -0.4 is 15.5 Å². The first-order valence-corrected chi connectivity index (χ1v) is 11.1. The van der Waals surface area contributed by atoms with Crippen molar-refractivity contribution < 1.29 is 28.6 Å². The van der Waals surface area contributed by atoms with Crippen LogP contribution in [0.25, 0.3) is 0 Å². The molecule has 1 heterocycles. The molecule has 1 atom stereocenters. The van der Waals surface area contributed by atoms with Crippen LogP contribution in [-0.2, 0) is 33.8 Å². The summed E-state index contributed by atoms with van der Waals surface area (Å²) in [5.41, 5.74) is 2.55. The summed E-state index contributed by atoms with van der Waals surface area (Å²) in [7, 11) is 3.69. The highest BCUT2D eigenvalue weighted by Crippen LogP contribution is 2.13. The van der Waals surface area contributed by atoms with Gasteiger partial charge >= 0.3 is 12.1 Å². The van der Waals surface area contributed by atoms with E-state index >= 15 is 0 Å². The molecule has 0 radical (unpaired) electrons. The normalized spacial score (nSPS) is 11.3. The van der Waals surface area contributed by atoms with Gasteiger partial charge in [-0.3, -0.25) is 4.79 Å². The highest BCUT2D eigenvalue weighted by atomic mass is 19.1. The van der Waals surface area contributed by atoms with Crippen LogP contribution in [0.15, 0.2) is 66.9 Å². The lowest BCUT2D eigenvalue weighted by molar-refractivity contribution is -0.139. The van der Waals surface area contributed by atoms with Crippen LogP contribution in [0.2, 0.25) is 0 Å². The summed E-state index contributed by atoms with van der Waals surface area (Å²) in [5, 5.41) is 14.6. The number of halogens is 1. The van der Waals surface area contributed by atoms with E-state index in [4.69, 9.17) is 4.74 Å². The Hall–Kier alpha value is -4.47. The molecule has 0 aliphatic rings. The first-order chi connectivity index (χ1) is 17.2. The van der Waals surface area contributed by atoms with Crippen molar-refractivity contribution in [3.63, 3.8) is 0 Å². The number of aromatic nitrogens is 1. The van der Waals surface area contributed by atoms with E-state index in [1.807, 2.05) is 19.0 Å². The standard InChI is InChI=1S/C26H27FN4O5/c1-31(2)23-12-7-19(15-28-23)13-22(25(33)34)30-26(35)36-16-18-5-10-21(11-6-18)29-24(32)14-17-3-8-20(27)9-4-17/h3-12,15,22H,13-14,16H2,1-2H3,(H,29,32)(H,30,35)(H,33,34). The Morgan fingerprint density at radius 2 is 1.61 bits per heavy atom. The summed E-state index contributed by atoms with van der Waals surface area (Å²) >= 11 is 0. The number of alkyl carbamates (subject to hydrolysis) is 1. The zero-order valence-corrected chi connectivity index (χ0v) is 19.9. The van der Waals surface area contributed by atoms with Gasteiger partial charge in [-0.15, -0.1) is 0 Å². The summed E-state index contributed by atoms with van der Waals surface area (Å²) in [6.45, 7) is -0.0823. The molecule has 3 N–H and O–H groups in total. The first kappa shape index (κ1) is 26.1. The molecule has 0 spiro atoms. The molecule has 9 nitrogen and oxygen atoms in total. The Morgan fingerprint density at radius 3 is 2.19 bits per heavy atom. The molecular formula is C26H27FN4O5. The lowest BCUT2D eigenvalue weighted by Gasteiger charge is -2.16. The molecule has 0 aliphatic heterocycles. The van der Waals surface area contributed by atoms with Gasteiger partial charge in [0.1, 0.15) is 24.3 Å². The number of carboxylic acid groups (broad SMARTS) is 1. The zero-order valence-electron chi connectivity index (χ0n) is 19.9. The predicted octanol–water partition coefficient (Wildman–Crippen LogP) is 3.39. The van der Waals surface area contributed by atoms with E-state index in [2.05, 4.69) is 15.6 Å². The highest BCUT2D eigenvalue weighted by molar-refractivity contribution is 5.92. The number of nitrogens with one attached hydrogen (secondary N) is 2. The van der Waals surface area contributed by atoms with Gasteiger partial charge in [0.15, 0.2) is 0 Å². The number of ether oxygens (including phenoxy) is 1. The van der Waals surface area contributed by atoms with E-state index < -0.39 is 18.1 Å². The number of carboxylic acids is 1. The second-order valence-electron chi connectivity index (χ2n) is 8.28. The SMILES string of the molecule is CN(C)c1ccc(CC(NC(=O)OCc2ccc(NC(=O)Cc3ccc(F)cc3)cc2)C(=O)O)cn1. The van der Waals surface area contributed by atoms with E-state index in [1.165, 1.54) is 12.1 Å². The Kier molecular flexibility index (Phi) is 8.93. The fraction of sp³-hybridized carbons (Fsp3) is 0.231. The van der Waals surface area contributed by atoms with Crippen molar-refractivity contribution in [2.75, 3.05) is 24.3 Å². The number of hydrogen-bond donors (Lipinski definition) is 3. The Bertz CT molecular complexity index is 1180. The van der Waals surface area contributed by atoms with Crippen molar-refractivity contribution >= 4 is 29.5 Å². The maximum atomic E-state index is 13.0. The van der Waals surface area contributed by atoms with Crippen LogP contribution >= 0.6 is 0 Å². The smallest absolute Gasteiger partial charge is 0.408 e. The summed E-state index contributed by atoms with van der Waals surface area (Å²) in [5.74, 6) is -1.08. The molecule has 10 heteroatoms. The number of aliphatic carboxylic acids is 1. The molecule has 2 aromatic carbocycles. The van der Waals surface area contributed by atoms with Crippen molar-refractivity contribution in [3.8, 4) is 0 Å².